The number of nitrogens with one attached hydrogen (secondary N) is 1. The van der Waals surface area contributed by atoms with Crippen molar-refractivity contribution in [2.75, 3.05) is 0 Å². The van der Waals surface area contributed by atoms with Crippen molar-refractivity contribution in [3.8, 4) is 0 Å². The van der Waals surface area contributed by atoms with Gasteiger partial charge in [-0.2, -0.15) is 0 Å². The summed E-state index contributed by atoms with van der Waals surface area (Å²) in [5.74, 6) is -0.660. The largest absolute Gasteiger partial charge is 0.292 e. The molecule has 0 aliphatic heterocycles. The van der Waals surface area contributed by atoms with Crippen LogP contribution in [-0.2, 0) is 7.86 Å². The molecule has 0 aromatic heterocycles. The number of carbonyl (C=O) groups is 2. The Morgan fingerprint density at radius 3 is 1.69 bits per heavy atom. The third-order valence-electron chi connectivity index (χ3n) is 5.98. The number of benzene rings is 1. The molecule has 4 nitrogen and oxygen atoms in total. The Morgan fingerprint density at radius 1 is 0.750 bits per heavy atom. The molecule has 1 N–H and O–H groups in total. The zero-order valence-electron chi connectivity index (χ0n) is 20.6. The molecule has 0 bridgehead atoms. The molecule has 5 heteroatoms. The highest BCUT2D eigenvalue weighted by molar-refractivity contribution is 14.1. The molecule has 1 rings (SSSR count). The van der Waals surface area contributed by atoms with Crippen LogP contribution in [0.1, 0.15) is 131 Å². The zero-order valence-corrected chi connectivity index (χ0v) is 22.7. The van der Waals surface area contributed by atoms with Gasteiger partial charge in [0.2, 0.25) is 5.91 Å². The molecule has 0 radical (unpaired) electrons. The maximum absolute atomic E-state index is 12.4. The quantitative estimate of drug-likeness (QED) is 0.146. The lowest BCUT2D eigenvalue weighted by molar-refractivity contribution is -0.120. The Labute approximate surface area is 206 Å². The Balaban J connectivity index is 2.04. The molecule has 0 heterocycles. The first-order chi connectivity index (χ1) is 15.5. The topological polar surface area (TPSA) is 63.2 Å². The Kier molecular flexibility index (Phi) is 16.6. The van der Waals surface area contributed by atoms with Gasteiger partial charge in [0.1, 0.15) is 0 Å². The van der Waals surface area contributed by atoms with Crippen molar-refractivity contribution in [1.29, 1.82) is 0 Å². The number of unbranched alkanes of at least 4 members (excludes halogenated alkanes) is 14. The van der Waals surface area contributed by atoms with Gasteiger partial charge in [-0.3, -0.25) is 18.0 Å². The van der Waals surface area contributed by atoms with Crippen LogP contribution in [0.4, 0.5) is 0 Å². The highest BCUT2D eigenvalue weighted by Crippen LogP contribution is 2.22. The van der Waals surface area contributed by atoms with Gasteiger partial charge < -0.3 is 0 Å². The number of amides is 2. The summed E-state index contributed by atoms with van der Waals surface area (Å²) in [6.07, 6.45) is 19.7. The summed E-state index contributed by atoms with van der Waals surface area (Å²) in [6, 6.07) is 3.64. The monoisotopic (exact) mass is 557 g/mol. The molecule has 0 atom stereocenters. The molecule has 32 heavy (non-hydrogen) atoms. The van der Waals surface area contributed by atoms with Gasteiger partial charge in [0.15, 0.2) is 21.2 Å². The maximum atomic E-state index is 12.4. The Bertz CT molecular complexity index is 702. The van der Waals surface area contributed by atoms with Crippen LogP contribution >= 0.6 is 21.2 Å². The minimum Gasteiger partial charge on any atom is -0.292 e. The molecule has 0 aliphatic carbocycles. The van der Waals surface area contributed by atoms with Crippen molar-refractivity contribution >= 4 is 33.0 Å². The van der Waals surface area contributed by atoms with Gasteiger partial charge >= 0.3 is 0 Å². The highest BCUT2D eigenvalue weighted by Gasteiger charge is 2.17. The van der Waals surface area contributed by atoms with Crippen LogP contribution in [0.15, 0.2) is 12.1 Å². The van der Waals surface area contributed by atoms with Crippen LogP contribution in [0, 0.1) is 17.4 Å². The van der Waals surface area contributed by atoms with Crippen LogP contribution in [0.25, 0.3) is 0 Å². The predicted molar refractivity (Wildman–Crippen MR) is 141 cm³/mol. The fraction of sp³-hybridized carbons (Fsp3) is 0.704. The summed E-state index contributed by atoms with van der Waals surface area (Å²) in [5, 5.41) is 2.48. The van der Waals surface area contributed by atoms with Gasteiger partial charge in [-0.05, 0) is 37.5 Å². The van der Waals surface area contributed by atoms with Gasteiger partial charge in [0.25, 0.3) is 5.91 Å². The number of halogens is 1. The first-order valence-corrected chi connectivity index (χ1v) is 14.7. The molecule has 0 aliphatic rings. The number of carbonyl (C=O) groups excluding carboxylic acids is 2. The minimum absolute atomic E-state index is 0.237. The van der Waals surface area contributed by atoms with Crippen LogP contribution in [0.2, 0.25) is 0 Å². The lowest BCUT2D eigenvalue weighted by atomic mass is 10.0. The second-order valence-electron chi connectivity index (χ2n) is 9.10. The average Bonchev–Trinajstić information content (AvgIpc) is 2.75. The molecule has 0 saturated carbocycles. The van der Waals surface area contributed by atoms with E-state index in [9.17, 15) is 12.7 Å². The van der Waals surface area contributed by atoms with Crippen molar-refractivity contribution in [3.63, 3.8) is 0 Å². The minimum atomic E-state index is -1.46. The van der Waals surface area contributed by atoms with Crippen LogP contribution in [0.3, 0.4) is 0 Å². The molecule has 1 aromatic rings. The molecule has 0 fully saturated rings. The summed E-state index contributed by atoms with van der Waals surface area (Å²) >= 11 is -1.46. The third kappa shape index (κ3) is 12.8. The molecule has 1 aromatic carbocycles. The Hall–Kier alpha value is -1.11. The highest BCUT2D eigenvalue weighted by atomic mass is 127. The molecular formula is C27H44INO3. The standard InChI is InChI=1S/C27H44INO3/c1-4-5-6-7-8-9-10-11-12-13-14-15-16-17-18-19-25(30)29-27(31)24-21-22(2)20-23(3)26(24)28-32/h20-21H,4-19H2,1-3H3,(H,29,30,31). The van der Waals surface area contributed by atoms with Crippen molar-refractivity contribution in [2.45, 2.75) is 124 Å². The van der Waals surface area contributed by atoms with E-state index in [0.717, 1.165) is 30.4 Å². The van der Waals surface area contributed by atoms with Gasteiger partial charge in [0.05, 0.1) is 9.13 Å². The number of aryl methyl sites for hydroxylation is 2. The van der Waals surface area contributed by atoms with Crippen LogP contribution in [0.5, 0.6) is 0 Å². The number of hydrogen-bond donors (Lipinski definition) is 1. The summed E-state index contributed by atoms with van der Waals surface area (Å²) in [5.41, 5.74) is 2.17. The molecule has 0 spiro atoms. The summed E-state index contributed by atoms with van der Waals surface area (Å²) in [6.45, 7) is 6.02. The van der Waals surface area contributed by atoms with E-state index in [4.69, 9.17) is 0 Å². The van der Waals surface area contributed by atoms with Crippen molar-refractivity contribution in [2.24, 2.45) is 0 Å². The fourth-order valence-corrected chi connectivity index (χ4v) is 5.27. The smallest absolute Gasteiger partial charge is 0.259 e. The van der Waals surface area contributed by atoms with E-state index in [2.05, 4.69) is 12.2 Å². The first-order valence-electron chi connectivity index (χ1n) is 12.7. The van der Waals surface area contributed by atoms with Gasteiger partial charge in [0, 0.05) is 6.42 Å². The SMILES string of the molecule is CCCCCCCCCCCCCCCCCC(=O)NC(=O)c1cc(C)cc(C)c1I=O. The van der Waals surface area contributed by atoms with E-state index in [1.54, 1.807) is 6.07 Å². The van der Waals surface area contributed by atoms with Crippen LogP contribution in [-0.4, -0.2) is 11.8 Å². The zero-order chi connectivity index (χ0) is 23.6. The molecule has 182 valence electrons. The second-order valence-corrected chi connectivity index (χ2v) is 10.6. The predicted octanol–water partition coefficient (Wildman–Crippen LogP) is 8.31. The van der Waals surface area contributed by atoms with Crippen molar-refractivity contribution in [1.82, 2.24) is 5.32 Å². The normalized spacial score (nSPS) is 11.0. The van der Waals surface area contributed by atoms with Gasteiger partial charge in [-0.25, -0.2) is 0 Å². The van der Waals surface area contributed by atoms with E-state index in [-0.39, 0.29) is 5.91 Å². The summed E-state index contributed by atoms with van der Waals surface area (Å²) in [7, 11) is 0. The maximum Gasteiger partial charge on any atom is 0.259 e. The lowest BCUT2D eigenvalue weighted by Gasteiger charge is -2.09. The van der Waals surface area contributed by atoms with E-state index >= 15 is 0 Å². The fourth-order valence-electron chi connectivity index (χ4n) is 4.13. The van der Waals surface area contributed by atoms with Crippen molar-refractivity contribution < 1.29 is 12.7 Å². The van der Waals surface area contributed by atoms with Crippen LogP contribution < -0.4 is 5.32 Å². The van der Waals surface area contributed by atoms with E-state index in [1.165, 1.54) is 77.0 Å². The molecular weight excluding hydrogens is 513 g/mol. The summed E-state index contributed by atoms with van der Waals surface area (Å²) < 4.78 is 12.1. The summed E-state index contributed by atoms with van der Waals surface area (Å²) in [4.78, 5) is 24.6. The Morgan fingerprint density at radius 2 is 1.22 bits per heavy atom. The molecule has 2 amide bonds. The van der Waals surface area contributed by atoms with Gasteiger partial charge in [-0.1, -0.05) is 103 Å². The lowest BCUT2D eigenvalue weighted by Crippen LogP contribution is -2.31. The number of hydrogen-bond acceptors (Lipinski definition) is 3. The number of rotatable bonds is 18. The van der Waals surface area contributed by atoms with E-state index in [0.29, 0.717) is 15.6 Å². The van der Waals surface area contributed by atoms with E-state index in [1.807, 2.05) is 19.9 Å². The first kappa shape index (κ1) is 28.9. The number of imide groups is 1. The van der Waals surface area contributed by atoms with Gasteiger partial charge in [-0.15, -0.1) is 0 Å². The molecule has 0 saturated heterocycles. The van der Waals surface area contributed by atoms with Crippen molar-refractivity contribution in [3.05, 3.63) is 32.4 Å². The van der Waals surface area contributed by atoms with E-state index < -0.39 is 27.1 Å². The third-order valence-corrected chi connectivity index (χ3v) is 7.85. The second kappa shape index (κ2) is 18.3. The average molecular weight is 558 g/mol. The molecule has 0 unspecified atom stereocenters.